The molecule has 0 radical (unpaired) electrons. The summed E-state index contributed by atoms with van der Waals surface area (Å²) in [6, 6.07) is 14.4. The van der Waals surface area contributed by atoms with Crippen LogP contribution < -0.4 is 10.0 Å². The molecule has 31 heavy (non-hydrogen) atoms. The molecule has 1 atom stereocenters. The molecule has 9 heteroatoms. The molecule has 3 aromatic rings. The zero-order valence-electron chi connectivity index (χ0n) is 18.1. The van der Waals surface area contributed by atoms with Gasteiger partial charge in [-0.05, 0) is 42.5 Å². The quantitative estimate of drug-likeness (QED) is 0.532. The average molecular weight is 459 g/mol. The molecule has 7 nitrogen and oxygen atoms in total. The summed E-state index contributed by atoms with van der Waals surface area (Å²) in [5, 5.41) is 10.3. The molecule has 0 aliphatic heterocycles. The maximum atomic E-state index is 12.7. The molecule has 0 saturated heterocycles. The fraction of sp³-hybridized carbons (Fsp3) is 0.318. The van der Waals surface area contributed by atoms with Gasteiger partial charge in [-0.1, -0.05) is 74.1 Å². The van der Waals surface area contributed by atoms with Crippen molar-refractivity contribution in [3.05, 3.63) is 70.8 Å². The van der Waals surface area contributed by atoms with Gasteiger partial charge in [0.05, 0.1) is 0 Å². The third-order valence-corrected chi connectivity index (χ3v) is 7.53. The van der Waals surface area contributed by atoms with Crippen LogP contribution in [-0.2, 0) is 15.4 Å². The van der Waals surface area contributed by atoms with Gasteiger partial charge in [0.25, 0.3) is 15.9 Å². The zero-order valence-corrected chi connectivity index (χ0v) is 19.8. The Bertz CT molecular complexity index is 1160. The number of nitrogens with zero attached hydrogens (tertiary/aromatic N) is 2. The van der Waals surface area contributed by atoms with Crippen LogP contribution >= 0.6 is 11.3 Å². The summed E-state index contributed by atoms with van der Waals surface area (Å²) >= 11 is 0.804. The van der Waals surface area contributed by atoms with Crippen LogP contribution in [0, 0.1) is 6.92 Å². The number of anilines is 1. The van der Waals surface area contributed by atoms with Crippen molar-refractivity contribution in [2.24, 2.45) is 0 Å². The van der Waals surface area contributed by atoms with Crippen LogP contribution in [0.15, 0.2) is 52.9 Å². The minimum atomic E-state index is -3.89. The molecule has 0 unspecified atom stereocenters. The van der Waals surface area contributed by atoms with Crippen LogP contribution in [0.3, 0.4) is 0 Å². The Labute approximate surface area is 187 Å². The lowest BCUT2D eigenvalue weighted by atomic mass is 9.86. The Morgan fingerprint density at radius 1 is 1.00 bits per heavy atom. The van der Waals surface area contributed by atoms with Crippen LogP contribution in [0.4, 0.5) is 5.13 Å². The Hall–Kier alpha value is -2.62. The second-order valence-electron chi connectivity index (χ2n) is 8.41. The third-order valence-electron chi connectivity index (χ3n) is 4.78. The molecule has 1 amide bonds. The topological polar surface area (TPSA) is 101 Å². The first-order valence-electron chi connectivity index (χ1n) is 9.80. The highest BCUT2D eigenvalue weighted by Crippen LogP contribution is 2.26. The summed E-state index contributed by atoms with van der Waals surface area (Å²) < 4.78 is 27.9. The summed E-state index contributed by atoms with van der Waals surface area (Å²) in [6.45, 7) is 10.1. The molecule has 0 aliphatic carbocycles. The SMILES string of the molecule is Cc1ccc(C(=O)Nc2nnc(S(=O)(=O)N[C@H](C)c3ccc(C(C)(C)C)cc3)s2)cc1. The van der Waals surface area contributed by atoms with Crippen LogP contribution in [0.25, 0.3) is 0 Å². The Morgan fingerprint density at radius 3 is 2.19 bits per heavy atom. The fourth-order valence-electron chi connectivity index (χ4n) is 2.87. The average Bonchev–Trinajstić information content (AvgIpc) is 3.17. The molecule has 0 spiro atoms. The summed E-state index contributed by atoms with van der Waals surface area (Å²) in [4.78, 5) is 12.3. The number of rotatable bonds is 6. The van der Waals surface area contributed by atoms with E-state index in [1.54, 1.807) is 19.1 Å². The van der Waals surface area contributed by atoms with Gasteiger partial charge in [0.15, 0.2) is 0 Å². The normalized spacial score (nSPS) is 13.1. The van der Waals surface area contributed by atoms with Crippen molar-refractivity contribution in [3.63, 3.8) is 0 Å². The lowest BCUT2D eigenvalue weighted by molar-refractivity contribution is 0.102. The molecule has 0 saturated carbocycles. The van der Waals surface area contributed by atoms with Gasteiger partial charge < -0.3 is 0 Å². The second kappa shape index (κ2) is 8.86. The van der Waals surface area contributed by atoms with E-state index < -0.39 is 16.1 Å². The predicted octanol–water partition coefficient (Wildman–Crippen LogP) is 4.44. The largest absolute Gasteiger partial charge is 0.296 e. The highest BCUT2D eigenvalue weighted by atomic mass is 32.2. The fourth-order valence-corrected chi connectivity index (χ4v) is 5.01. The molecule has 0 bridgehead atoms. The number of sulfonamides is 1. The molecule has 0 aliphatic rings. The van der Waals surface area contributed by atoms with Gasteiger partial charge in [-0.3, -0.25) is 10.1 Å². The van der Waals surface area contributed by atoms with Gasteiger partial charge in [0.1, 0.15) is 0 Å². The van der Waals surface area contributed by atoms with Gasteiger partial charge >= 0.3 is 0 Å². The van der Waals surface area contributed by atoms with Crippen molar-refractivity contribution in [1.29, 1.82) is 0 Å². The number of nitrogens with one attached hydrogen (secondary N) is 2. The predicted molar refractivity (Wildman–Crippen MR) is 123 cm³/mol. The van der Waals surface area contributed by atoms with Crippen LogP contribution in [-0.4, -0.2) is 24.5 Å². The first-order valence-corrected chi connectivity index (χ1v) is 12.1. The van der Waals surface area contributed by atoms with Crippen LogP contribution in [0.1, 0.15) is 60.8 Å². The molecule has 0 fully saturated rings. The summed E-state index contributed by atoms with van der Waals surface area (Å²) in [5.41, 5.74) is 3.52. The number of carbonyl (C=O) groups is 1. The van der Waals surface area contributed by atoms with Crippen molar-refractivity contribution in [1.82, 2.24) is 14.9 Å². The van der Waals surface area contributed by atoms with Gasteiger partial charge in [-0.25, -0.2) is 13.1 Å². The van der Waals surface area contributed by atoms with Crippen molar-refractivity contribution in [2.45, 2.75) is 50.4 Å². The maximum Gasteiger partial charge on any atom is 0.270 e. The second-order valence-corrected chi connectivity index (χ2v) is 11.3. The van der Waals surface area contributed by atoms with Crippen LogP contribution in [0.5, 0.6) is 0 Å². The Morgan fingerprint density at radius 2 is 1.61 bits per heavy atom. The smallest absolute Gasteiger partial charge is 0.270 e. The maximum absolute atomic E-state index is 12.7. The van der Waals surface area contributed by atoms with E-state index >= 15 is 0 Å². The van der Waals surface area contributed by atoms with Crippen molar-refractivity contribution >= 4 is 32.4 Å². The van der Waals surface area contributed by atoms with Gasteiger partial charge in [-0.15, -0.1) is 10.2 Å². The van der Waals surface area contributed by atoms with Crippen molar-refractivity contribution < 1.29 is 13.2 Å². The number of aryl methyl sites for hydroxylation is 1. The van der Waals surface area contributed by atoms with Gasteiger partial charge in [0.2, 0.25) is 9.47 Å². The summed E-state index contributed by atoms with van der Waals surface area (Å²) in [7, 11) is -3.89. The highest BCUT2D eigenvalue weighted by Gasteiger charge is 2.24. The van der Waals surface area contributed by atoms with E-state index in [2.05, 4.69) is 41.0 Å². The van der Waals surface area contributed by atoms with E-state index in [1.807, 2.05) is 43.3 Å². The van der Waals surface area contributed by atoms with E-state index in [9.17, 15) is 13.2 Å². The molecular weight excluding hydrogens is 432 g/mol. The standard InChI is InChI=1S/C22H26N4O3S2/c1-14-6-8-17(9-7-14)19(27)23-20-24-25-21(30-20)31(28,29)26-15(2)16-10-12-18(13-11-16)22(3,4)5/h6-13,15,26H,1-5H3,(H,23,24,27)/t15-/m1/s1. The molecule has 164 valence electrons. The number of carbonyl (C=O) groups excluding carboxylic acids is 1. The van der Waals surface area contributed by atoms with E-state index in [0.29, 0.717) is 5.56 Å². The van der Waals surface area contributed by atoms with E-state index in [-0.39, 0.29) is 20.8 Å². The summed E-state index contributed by atoms with van der Waals surface area (Å²) in [5.74, 6) is -0.375. The molecular formula is C22H26N4O3S2. The third kappa shape index (κ3) is 5.75. The first kappa shape index (κ1) is 23.1. The number of hydrogen-bond donors (Lipinski definition) is 2. The molecule has 2 aromatic carbocycles. The minimum absolute atomic E-state index is 0.0211. The minimum Gasteiger partial charge on any atom is -0.296 e. The lowest BCUT2D eigenvalue weighted by Crippen LogP contribution is -2.27. The number of hydrogen-bond acceptors (Lipinski definition) is 6. The molecule has 3 rings (SSSR count). The van der Waals surface area contributed by atoms with E-state index in [1.165, 1.54) is 5.56 Å². The molecule has 2 N–H and O–H groups in total. The first-order chi connectivity index (χ1) is 14.5. The highest BCUT2D eigenvalue weighted by molar-refractivity contribution is 7.91. The van der Waals surface area contributed by atoms with Gasteiger partial charge in [0, 0.05) is 11.6 Å². The zero-order chi connectivity index (χ0) is 22.8. The van der Waals surface area contributed by atoms with Crippen LogP contribution in [0.2, 0.25) is 0 Å². The number of amides is 1. The number of benzene rings is 2. The Kier molecular flexibility index (Phi) is 6.59. The Balaban J connectivity index is 1.69. The lowest BCUT2D eigenvalue weighted by Gasteiger charge is -2.20. The van der Waals surface area contributed by atoms with Crippen molar-refractivity contribution in [2.75, 3.05) is 5.32 Å². The monoisotopic (exact) mass is 458 g/mol. The summed E-state index contributed by atoms with van der Waals surface area (Å²) in [6.07, 6.45) is 0. The van der Waals surface area contributed by atoms with Crippen molar-refractivity contribution in [3.8, 4) is 0 Å². The van der Waals surface area contributed by atoms with E-state index in [0.717, 1.165) is 22.5 Å². The van der Waals surface area contributed by atoms with Gasteiger partial charge in [-0.2, -0.15) is 0 Å². The molecule has 1 heterocycles. The number of aromatic nitrogens is 2. The molecule has 1 aromatic heterocycles. The van der Waals surface area contributed by atoms with E-state index in [4.69, 9.17) is 0 Å².